The van der Waals surface area contributed by atoms with Gasteiger partial charge in [-0.1, -0.05) is 40.0 Å². The van der Waals surface area contributed by atoms with Crippen LogP contribution in [-0.2, 0) is 4.79 Å². The van der Waals surface area contributed by atoms with E-state index in [2.05, 4.69) is 25.7 Å². The van der Waals surface area contributed by atoms with Gasteiger partial charge in [0.15, 0.2) is 0 Å². The van der Waals surface area contributed by atoms with E-state index in [-0.39, 0.29) is 5.41 Å². The zero-order chi connectivity index (χ0) is 15.0. The van der Waals surface area contributed by atoms with Crippen LogP contribution in [0.1, 0.15) is 72.1 Å². The summed E-state index contributed by atoms with van der Waals surface area (Å²) in [6, 6.07) is 0. The van der Waals surface area contributed by atoms with Crippen molar-refractivity contribution in [3.63, 3.8) is 0 Å². The van der Waals surface area contributed by atoms with E-state index in [9.17, 15) is 4.79 Å². The van der Waals surface area contributed by atoms with Gasteiger partial charge in [0.25, 0.3) is 0 Å². The fourth-order valence-electron chi connectivity index (χ4n) is 3.70. The summed E-state index contributed by atoms with van der Waals surface area (Å²) >= 11 is 0. The Morgan fingerprint density at radius 1 is 1.15 bits per heavy atom. The average molecular weight is 282 g/mol. The molecular formula is C17H34N2O. The number of likely N-dealkylation sites (tertiary alicyclic amines) is 1. The molecule has 0 aromatic carbocycles. The van der Waals surface area contributed by atoms with E-state index in [1.807, 2.05) is 0 Å². The van der Waals surface area contributed by atoms with Crippen molar-refractivity contribution in [1.29, 1.82) is 0 Å². The van der Waals surface area contributed by atoms with Crippen molar-refractivity contribution >= 4 is 5.91 Å². The van der Waals surface area contributed by atoms with Crippen molar-refractivity contribution in [2.24, 2.45) is 17.1 Å². The minimum atomic E-state index is -0.296. The summed E-state index contributed by atoms with van der Waals surface area (Å²) in [5.41, 5.74) is 5.74. The lowest BCUT2D eigenvalue weighted by molar-refractivity contribution is -0.142. The Balaban J connectivity index is 2.77. The highest BCUT2D eigenvalue weighted by molar-refractivity contribution is 5.83. The van der Waals surface area contributed by atoms with E-state index in [0.29, 0.717) is 12.5 Å². The van der Waals surface area contributed by atoms with Gasteiger partial charge in [0.1, 0.15) is 0 Å². The van der Waals surface area contributed by atoms with Crippen LogP contribution in [0.2, 0.25) is 0 Å². The van der Waals surface area contributed by atoms with Crippen LogP contribution in [0.4, 0.5) is 0 Å². The lowest BCUT2D eigenvalue weighted by Gasteiger charge is -2.36. The van der Waals surface area contributed by atoms with Crippen LogP contribution in [0.15, 0.2) is 0 Å². The van der Waals surface area contributed by atoms with Crippen LogP contribution in [0.25, 0.3) is 0 Å². The molecule has 1 saturated heterocycles. The maximum Gasteiger partial charge on any atom is 0.230 e. The zero-order valence-electron chi connectivity index (χ0n) is 13.8. The molecule has 0 spiro atoms. The maximum absolute atomic E-state index is 13.0. The van der Waals surface area contributed by atoms with Gasteiger partial charge in [-0.25, -0.2) is 0 Å². The van der Waals surface area contributed by atoms with E-state index in [1.165, 1.54) is 19.3 Å². The number of hydrogen-bond donors (Lipinski definition) is 1. The second kappa shape index (κ2) is 8.66. The van der Waals surface area contributed by atoms with Crippen LogP contribution >= 0.6 is 0 Å². The Kier molecular flexibility index (Phi) is 7.57. The first-order valence-corrected chi connectivity index (χ1v) is 8.63. The van der Waals surface area contributed by atoms with Crippen molar-refractivity contribution in [3.8, 4) is 0 Å². The smallest absolute Gasteiger partial charge is 0.230 e. The number of amides is 1. The Bertz CT molecular complexity index is 285. The van der Waals surface area contributed by atoms with E-state index in [1.54, 1.807) is 0 Å². The first kappa shape index (κ1) is 17.5. The molecule has 2 N–H and O–H groups in total. The molecule has 20 heavy (non-hydrogen) atoms. The van der Waals surface area contributed by atoms with Gasteiger partial charge in [0.05, 0.1) is 5.41 Å². The molecule has 1 unspecified atom stereocenters. The monoisotopic (exact) mass is 282 g/mol. The van der Waals surface area contributed by atoms with E-state index >= 15 is 0 Å². The van der Waals surface area contributed by atoms with Crippen LogP contribution in [0.3, 0.4) is 0 Å². The Morgan fingerprint density at radius 3 is 2.30 bits per heavy atom. The molecule has 1 aliphatic heterocycles. The Hall–Kier alpha value is -0.570. The highest BCUT2D eigenvalue weighted by atomic mass is 16.2. The van der Waals surface area contributed by atoms with Gasteiger partial charge in [-0.2, -0.15) is 0 Å². The predicted molar refractivity (Wildman–Crippen MR) is 85.5 cm³/mol. The highest BCUT2D eigenvalue weighted by Crippen LogP contribution is 2.32. The molecule has 1 rings (SSSR count). The summed E-state index contributed by atoms with van der Waals surface area (Å²) in [6.07, 6.45) is 8.78. The molecule has 0 bridgehead atoms. The number of carbonyl (C=O) groups excluding carboxylic acids is 1. The third kappa shape index (κ3) is 4.21. The highest BCUT2D eigenvalue weighted by Gasteiger charge is 2.38. The fourth-order valence-corrected chi connectivity index (χ4v) is 3.70. The summed E-state index contributed by atoms with van der Waals surface area (Å²) in [4.78, 5) is 15.1. The molecule has 3 nitrogen and oxygen atoms in total. The number of carbonyl (C=O) groups is 1. The van der Waals surface area contributed by atoms with E-state index in [0.717, 1.165) is 51.1 Å². The molecule has 0 saturated carbocycles. The number of hydrogen-bond acceptors (Lipinski definition) is 2. The molecule has 0 aromatic heterocycles. The molecule has 3 heteroatoms. The molecule has 0 aromatic rings. The fraction of sp³-hybridized carbons (Fsp3) is 0.941. The summed E-state index contributed by atoms with van der Waals surface area (Å²) in [5.74, 6) is 1.14. The van der Waals surface area contributed by atoms with Crippen molar-refractivity contribution in [2.45, 2.75) is 72.1 Å². The Labute approximate surface area is 125 Å². The van der Waals surface area contributed by atoms with Crippen molar-refractivity contribution < 1.29 is 4.79 Å². The normalized spacial score (nSPS) is 20.8. The first-order chi connectivity index (χ1) is 9.63. The maximum atomic E-state index is 13.0. The van der Waals surface area contributed by atoms with Gasteiger partial charge >= 0.3 is 0 Å². The van der Waals surface area contributed by atoms with Gasteiger partial charge in [-0.15, -0.1) is 0 Å². The van der Waals surface area contributed by atoms with Crippen molar-refractivity contribution in [2.75, 3.05) is 19.6 Å². The molecular weight excluding hydrogens is 248 g/mol. The van der Waals surface area contributed by atoms with Gasteiger partial charge in [-0.05, 0) is 38.0 Å². The van der Waals surface area contributed by atoms with Crippen LogP contribution in [-0.4, -0.2) is 30.4 Å². The number of nitrogens with zero attached hydrogens (tertiary/aromatic N) is 1. The van der Waals surface area contributed by atoms with E-state index in [4.69, 9.17) is 5.73 Å². The Morgan fingerprint density at radius 2 is 1.80 bits per heavy atom. The summed E-state index contributed by atoms with van der Waals surface area (Å²) in [5, 5.41) is 0. The van der Waals surface area contributed by atoms with Gasteiger partial charge in [0.2, 0.25) is 5.91 Å². The molecule has 0 aliphatic carbocycles. The zero-order valence-corrected chi connectivity index (χ0v) is 13.8. The van der Waals surface area contributed by atoms with Crippen LogP contribution < -0.4 is 5.73 Å². The molecule has 1 heterocycles. The molecule has 1 atom stereocenters. The SMILES string of the molecule is CCCC(CN)(CCC)C(=O)N1CCCC(CC)CC1. The molecule has 0 radical (unpaired) electrons. The quantitative estimate of drug-likeness (QED) is 0.776. The average Bonchev–Trinajstić information content (AvgIpc) is 2.71. The third-order valence-corrected chi connectivity index (χ3v) is 5.01. The molecule has 1 amide bonds. The molecule has 1 fully saturated rings. The summed E-state index contributed by atoms with van der Waals surface area (Å²) in [6.45, 7) is 8.95. The lowest BCUT2D eigenvalue weighted by Crippen LogP contribution is -2.48. The van der Waals surface area contributed by atoms with Crippen LogP contribution in [0, 0.1) is 11.3 Å². The van der Waals surface area contributed by atoms with Crippen molar-refractivity contribution in [3.05, 3.63) is 0 Å². The predicted octanol–water partition coefficient (Wildman–Crippen LogP) is 3.57. The van der Waals surface area contributed by atoms with Gasteiger partial charge in [-0.3, -0.25) is 4.79 Å². The first-order valence-electron chi connectivity index (χ1n) is 8.63. The second-order valence-corrected chi connectivity index (χ2v) is 6.48. The van der Waals surface area contributed by atoms with E-state index < -0.39 is 0 Å². The van der Waals surface area contributed by atoms with Crippen molar-refractivity contribution in [1.82, 2.24) is 4.90 Å². The molecule has 118 valence electrons. The minimum Gasteiger partial charge on any atom is -0.342 e. The topological polar surface area (TPSA) is 46.3 Å². The number of rotatable bonds is 7. The largest absolute Gasteiger partial charge is 0.342 e. The third-order valence-electron chi connectivity index (χ3n) is 5.01. The second-order valence-electron chi connectivity index (χ2n) is 6.48. The van der Waals surface area contributed by atoms with Crippen LogP contribution in [0.5, 0.6) is 0 Å². The minimum absolute atomic E-state index is 0.296. The van der Waals surface area contributed by atoms with Gasteiger partial charge in [0, 0.05) is 19.6 Å². The number of nitrogens with two attached hydrogens (primary N) is 1. The standard InChI is InChI=1S/C17H34N2O/c1-4-10-17(14-18,11-5-2)16(20)19-12-7-8-15(6-3)9-13-19/h15H,4-14,18H2,1-3H3. The summed E-state index contributed by atoms with van der Waals surface area (Å²) in [7, 11) is 0. The lowest BCUT2D eigenvalue weighted by atomic mass is 9.78. The summed E-state index contributed by atoms with van der Waals surface area (Å²) < 4.78 is 0. The molecule has 1 aliphatic rings. The van der Waals surface area contributed by atoms with Gasteiger partial charge < -0.3 is 10.6 Å².